The molecule has 0 amide bonds. The normalized spacial score (nSPS) is 12.7. The number of ketones is 4. The van der Waals surface area contributed by atoms with Gasteiger partial charge in [0.2, 0.25) is 0 Å². The van der Waals surface area contributed by atoms with Gasteiger partial charge in [-0.2, -0.15) is 0 Å². The van der Waals surface area contributed by atoms with Crippen molar-refractivity contribution in [1.82, 2.24) is 0 Å². The van der Waals surface area contributed by atoms with Crippen molar-refractivity contribution in [2.45, 2.75) is 143 Å². The lowest BCUT2D eigenvalue weighted by Gasteiger charge is -2.28. The van der Waals surface area contributed by atoms with E-state index >= 15 is 0 Å². The maximum absolute atomic E-state index is 12.6. The van der Waals surface area contributed by atoms with E-state index in [1.165, 1.54) is 0 Å². The number of benzene rings is 2. The number of phenolic OH excluding ortho intramolecular Hbond substituents is 2. The van der Waals surface area contributed by atoms with Crippen LogP contribution in [0.15, 0.2) is 24.3 Å². The van der Waals surface area contributed by atoms with Crippen LogP contribution in [-0.2, 0) is 67.3 Å². The first-order chi connectivity index (χ1) is 22.7. The van der Waals surface area contributed by atoms with E-state index in [-0.39, 0.29) is 57.6 Å². The van der Waals surface area contributed by atoms with Crippen molar-refractivity contribution in [3.8, 4) is 11.5 Å². The number of hydrogen-bond acceptors (Lipinski definition) is 9. The Labute approximate surface area is 299 Å². The second-order valence-electron chi connectivity index (χ2n) is 17.4. The van der Waals surface area contributed by atoms with Gasteiger partial charge in [-0.25, -0.2) is 0 Å². The Balaban J connectivity index is 1.82. The summed E-state index contributed by atoms with van der Waals surface area (Å²) in [4.78, 5) is 49.9. The summed E-state index contributed by atoms with van der Waals surface area (Å²) in [5, 5.41) is 21.8. The summed E-state index contributed by atoms with van der Waals surface area (Å²) < 4.78 is 22.1. The molecule has 0 aliphatic rings. The van der Waals surface area contributed by atoms with Crippen LogP contribution in [-0.4, -0.2) is 46.6 Å². The number of hydrogen-bond donors (Lipinski definition) is 2. The van der Waals surface area contributed by atoms with Crippen molar-refractivity contribution in [3.63, 3.8) is 0 Å². The Bertz CT molecular complexity index is 1400. The number of Topliss-reactive ketones (excluding diaryl/α,β-unsaturated/α-hetero) is 4. The largest absolute Gasteiger partial charge is 0.507 e. The highest BCUT2D eigenvalue weighted by molar-refractivity contribution is 7.33. The minimum absolute atomic E-state index is 0.111. The third-order valence-electron chi connectivity index (χ3n) is 8.45. The first-order valence-corrected chi connectivity index (χ1v) is 18.5. The third kappa shape index (κ3) is 13.2. The van der Waals surface area contributed by atoms with Gasteiger partial charge in [0.05, 0.1) is 12.8 Å². The molecule has 2 aromatic rings. The summed E-state index contributed by atoms with van der Waals surface area (Å²) in [6.45, 7) is 22.9. The number of rotatable bonds is 16. The van der Waals surface area contributed by atoms with Gasteiger partial charge < -0.3 is 19.3 Å². The zero-order valence-electron chi connectivity index (χ0n) is 32.2. The summed E-state index contributed by atoms with van der Waals surface area (Å²) in [6.07, 6.45) is 0.221. The van der Waals surface area contributed by atoms with Crippen LogP contribution in [0.3, 0.4) is 0 Å². The van der Waals surface area contributed by atoms with Crippen molar-refractivity contribution in [3.05, 3.63) is 57.6 Å². The van der Waals surface area contributed by atoms with Gasteiger partial charge in [0.25, 0.3) is 0 Å². The van der Waals surface area contributed by atoms with Crippen molar-refractivity contribution >= 4 is 31.4 Å². The third-order valence-corrected chi connectivity index (χ3v) is 9.21. The molecule has 0 bridgehead atoms. The highest BCUT2D eigenvalue weighted by atomic mass is 31.1. The zero-order valence-corrected chi connectivity index (χ0v) is 33.2. The van der Waals surface area contributed by atoms with E-state index in [1.807, 2.05) is 107 Å². The van der Waals surface area contributed by atoms with Gasteiger partial charge >= 0.3 is 8.25 Å². The molecular formula is C40H59O9P. The molecule has 0 spiro atoms. The smallest absolute Gasteiger partial charge is 0.319 e. The molecule has 0 aliphatic heterocycles. The molecule has 0 saturated heterocycles. The minimum atomic E-state index is -3.20. The minimum Gasteiger partial charge on any atom is -0.507 e. The van der Waals surface area contributed by atoms with Crippen molar-refractivity contribution < 1.29 is 43.0 Å². The van der Waals surface area contributed by atoms with Gasteiger partial charge in [0, 0.05) is 12.8 Å². The maximum Gasteiger partial charge on any atom is 0.319 e. The Morgan fingerprint density at radius 1 is 0.520 bits per heavy atom. The molecule has 0 atom stereocenters. The molecule has 0 unspecified atom stereocenters. The molecule has 0 aromatic heterocycles. The van der Waals surface area contributed by atoms with Crippen molar-refractivity contribution in [2.24, 2.45) is 0 Å². The second kappa shape index (κ2) is 16.9. The molecule has 0 heterocycles. The number of carbonyl (C=O) groups is 4. The summed E-state index contributed by atoms with van der Waals surface area (Å²) in [7, 11) is -3.20. The van der Waals surface area contributed by atoms with Gasteiger partial charge in [0.1, 0.15) is 36.3 Å². The first-order valence-electron chi connectivity index (χ1n) is 17.3. The number of aryl methyl sites for hydroxylation is 2. The molecule has 9 nitrogen and oxygen atoms in total. The average Bonchev–Trinajstić information content (AvgIpc) is 2.95. The Morgan fingerprint density at radius 3 is 1.02 bits per heavy atom. The second-order valence-corrected chi connectivity index (χ2v) is 18.5. The SMILES string of the molecule is CC(C)(C)c1cc(CCC(=O)CC(=O)CO[PH](=O)OCC(=O)CC(=O)CCc2cc(C(C)(C)C)c(O)c(C(C)(C)C)c2)cc(C(C)(C)C)c1O. The predicted molar refractivity (Wildman–Crippen MR) is 198 cm³/mol. The van der Waals surface area contributed by atoms with E-state index in [1.54, 1.807) is 0 Å². The molecule has 0 radical (unpaired) electrons. The fourth-order valence-electron chi connectivity index (χ4n) is 5.57. The molecule has 0 fully saturated rings. The quantitative estimate of drug-likeness (QED) is 0.130. The van der Waals surface area contributed by atoms with Crippen LogP contribution < -0.4 is 0 Å². The lowest BCUT2D eigenvalue weighted by atomic mass is 9.78. The number of phenols is 2. The average molecular weight is 715 g/mol. The van der Waals surface area contributed by atoms with E-state index in [0.29, 0.717) is 12.8 Å². The van der Waals surface area contributed by atoms with Crippen LogP contribution >= 0.6 is 8.25 Å². The molecule has 10 heteroatoms. The number of aromatic hydroxyl groups is 2. The fourth-order valence-corrected chi connectivity index (χ4v) is 6.21. The standard InChI is InChI=1S/C40H59O9P/c1-37(2,3)31-17-25(18-32(35(31)45)38(4,5)6)13-15-27(41)21-29(43)23-48-50(47)49-24-30(44)22-28(42)16-14-26-19-33(39(7,8)9)36(46)34(20-26)40(10,11)12/h17-20,45-46,50H,13-16,21-24H2,1-12H3. The molecule has 2 rings (SSSR count). The van der Waals surface area contributed by atoms with E-state index in [2.05, 4.69) is 0 Å². The van der Waals surface area contributed by atoms with Crippen LogP contribution in [0.5, 0.6) is 11.5 Å². The van der Waals surface area contributed by atoms with Gasteiger partial charge in [-0.3, -0.25) is 23.7 Å². The van der Waals surface area contributed by atoms with E-state index in [9.17, 15) is 34.0 Å². The van der Waals surface area contributed by atoms with Crippen LogP contribution in [0.4, 0.5) is 0 Å². The van der Waals surface area contributed by atoms with Gasteiger partial charge in [-0.15, -0.1) is 0 Å². The summed E-state index contributed by atoms with van der Waals surface area (Å²) in [5.41, 5.74) is 3.73. The Morgan fingerprint density at radius 2 is 0.780 bits per heavy atom. The first kappa shape index (κ1) is 43.0. The summed E-state index contributed by atoms with van der Waals surface area (Å²) >= 11 is 0. The van der Waals surface area contributed by atoms with E-state index in [4.69, 9.17) is 9.05 Å². The molecule has 2 N–H and O–H groups in total. The van der Waals surface area contributed by atoms with E-state index in [0.717, 1.165) is 33.4 Å². The summed E-state index contributed by atoms with van der Waals surface area (Å²) in [6, 6.07) is 7.62. The number of carbonyl (C=O) groups excluding carboxylic acids is 4. The van der Waals surface area contributed by atoms with Gasteiger partial charge in [0.15, 0.2) is 11.6 Å². The predicted octanol–water partition coefficient (Wildman–Crippen LogP) is 8.33. The zero-order chi connectivity index (χ0) is 38.4. The monoisotopic (exact) mass is 714 g/mol. The Kier molecular flexibility index (Phi) is 14.6. The van der Waals surface area contributed by atoms with Crippen molar-refractivity contribution in [2.75, 3.05) is 13.2 Å². The molecule has 2 aromatic carbocycles. The molecule has 0 aliphatic carbocycles. The van der Waals surface area contributed by atoms with Gasteiger partial charge in [-0.05, 0) is 67.9 Å². The van der Waals surface area contributed by atoms with Crippen LogP contribution in [0.25, 0.3) is 0 Å². The van der Waals surface area contributed by atoms with Crippen LogP contribution in [0, 0.1) is 0 Å². The summed E-state index contributed by atoms with van der Waals surface area (Å²) in [5.74, 6) is -1.21. The molecular weight excluding hydrogens is 655 g/mol. The van der Waals surface area contributed by atoms with Crippen LogP contribution in [0.2, 0.25) is 0 Å². The lowest BCUT2D eigenvalue weighted by Crippen LogP contribution is -2.18. The molecule has 0 saturated carbocycles. The highest BCUT2D eigenvalue weighted by Gasteiger charge is 2.28. The maximum atomic E-state index is 12.6. The van der Waals surface area contributed by atoms with Crippen molar-refractivity contribution in [1.29, 1.82) is 0 Å². The van der Waals surface area contributed by atoms with Crippen LogP contribution in [0.1, 0.15) is 142 Å². The molecule has 278 valence electrons. The lowest BCUT2D eigenvalue weighted by molar-refractivity contribution is -0.129. The van der Waals surface area contributed by atoms with Gasteiger partial charge in [-0.1, -0.05) is 107 Å². The Hall–Kier alpha value is -3.13. The highest BCUT2D eigenvalue weighted by Crippen LogP contribution is 2.41. The topological polar surface area (TPSA) is 144 Å². The fraction of sp³-hybridized carbons (Fsp3) is 0.600. The van der Waals surface area contributed by atoms with E-state index < -0.39 is 45.9 Å². The molecule has 50 heavy (non-hydrogen) atoms.